The highest BCUT2D eigenvalue weighted by Gasteiger charge is 2.24. The summed E-state index contributed by atoms with van der Waals surface area (Å²) in [6, 6.07) is 6.91. The maximum atomic E-state index is 13.3. The molecule has 1 aliphatic heterocycles. The van der Waals surface area contributed by atoms with Crippen molar-refractivity contribution in [3.63, 3.8) is 0 Å². The molecule has 1 fully saturated rings. The van der Waals surface area contributed by atoms with Gasteiger partial charge in [0, 0.05) is 31.9 Å². The molecular formula is C17H19FN4. The number of imidazole rings is 1. The number of nitriles is 1. The molecule has 0 bridgehead atoms. The molecular weight excluding hydrogens is 279 g/mol. The molecule has 0 radical (unpaired) electrons. The Morgan fingerprint density at radius 2 is 2.32 bits per heavy atom. The summed E-state index contributed by atoms with van der Waals surface area (Å²) in [4.78, 5) is 6.58. The Kier molecular flexibility index (Phi) is 4.10. The van der Waals surface area contributed by atoms with Gasteiger partial charge in [0.1, 0.15) is 17.7 Å². The van der Waals surface area contributed by atoms with Crippen LogP contribution in [0.25, 0.3) is 0 Å². The van der Waals surface area contributed by atoms with E-state index in [1.165, 1.54) is 12.1 Å². The first-order valence-corrected chi connectivity index (χ1v) is 7.69. The van der Waals surface area contributed by atoms with Gasteiger partial charge < -0.3 is 9.47 Å². The zero-order chi connectivity index (χ0) is 15.5. The van der Waals surface area contributed by atoms with Crippen LogP contribution in [0, 0.1) is 17.1 Å². The van der Waals surface area contributed by atoms with Gasteiger partial charge in [-0.2, -0.15) is 5.26 Å². The molecule has 2 heterocycles. The van der Waals surface area contributed by atoms with Crippen LogP contribution in [-0.4, -0.2) is 22.6 Å². The van der Waals surface area contributed by atoms with Crippen molar-refractivity contribution in [2.75, 3.05) is 18.0 Å². The molecule has 3 rings (SSSR count). The van der Waals surface area contributed by atoms with Crippen molar-refractivity contribution in [3.05, 3.63) is 47.8 Å². The van der Waals surface area contributed by atoms with Crippen LogP contribution in [0.1, 0.15) is 37.2 Å². The van der Waals surface area contributed by atoms with E-state index >= 15 is 0 Å². The van der Waals surface area contributed by atoms with Crippen LogP contribution in [0.15, 0.2) is 30.6 Å². The van der Waals surface area contributed by atoms with Gasteiger partial charge in [-0.15, -0.1) is 0 Å². The van der Waals surface area contributed by atoms with Gasteiger partial charge >= 0.3 is 0 Å². The molecule has 1 saturated heterocycles. The Bertz CT molecular complexity index is 701. The van der Waals surface area contributed by atoms with E-state index in [1.807, 2.05) is 12.4 Å². The second kappa shape index (κ2) is 6.18. The van der Waals surface area contributed by atoms with Gasteiger partial charge in [0.15, 0.2) is 0 Å². The molecule has 22 heavy (non-hydrogen) atoms. The molecule has 0 aliphatic carbocycles. The fraction of sp³-hybridized carbons (Fsp3) is 0.412. The van der Waals surface area contributed by atoms with Crippen molar-refractivity contribution in [2.24, 2.45) is 0 Å². The molecule has 5 heteroatoms. The second-order valence-corrected chi connectivity index (χ2v) is 5.62. The Hall–Kier alpha value is -2.35. The highest BCUT2D eigenvalue weighted by atomic mass is 19.1. The number of aromatic nitrogens is 2. The van der Waals surface area contributed by atoms with Crippen molar-refractivity contribution in [1.82, 2.24) is 9.55 Å². The van der Waals surface area contributed by atoms with E-state index < -0.39 is 0 Å². The molecule has 1 aromatic heterocycles. The van der Waals surface area contributed by atoms with Crippen LogP contribution < -0.4 is 4.90 Å². The minimum absolute atomic E-state index is 0.350. The molecule has 0 amide bonds. The Balaban J connectivity index is 1.86. The van der Waals surface area contributed by atoms with Crippen molar-refractivity contribution in [2.45, 2.75) is 32.2 Å². The van der Waals surface area contributed by atoms with E-state index in [0.717, 1.165) is 43.9 Å². The molecule has 0 spiro atoms. The highest BCUT2D eigenvalue weighted by Crippen LogP contribution is 2.29. The summed E-state index contributed by atoms with van der Waals surface area (Å²) in [7, 11) is 0. The van der Waals surface area contributed by atoms with E-state index in [4.69, 9.17) is 0 Å². The summed E-state index contributed by atoms with van der Waals surface area (Å²) in [6.45, 7) is 3.82. The fourth-order valence-electron chi connectivity index (χ4n) is 3.22. The monoisotopic (exact) mass is 298 g/mol. The van der Waals surface area contributed by atoms with Crippen LogP contribution >= 0.6 is 0 Å². The van der Waals surface area contributed by atoms with Crippen molar-refractivity contribution in [1.29, 1.82) is 5.26 Å². The lowest BCUT2D eigenvalue weighted by molar-refractivity contribution is 0.396. The zero-order valence-corrected chi connectivity index (χ0v) is 12.7. The van der Waals surface area contributed by atoms with Gasteiger partial charge in [0.25, 0.3) is 0 Å². The summed E-state index contributed by atoms with van der Waals surface area (Å²) < 4.78 is 15.6. The minimum Gasteiger partial charge on any atom is -0.368 e. The SMILES string of the molecule is CCc1nccn1[C@H]1CCCN(c2ccc(F)cc2C#N)C1. The van der Waals surface area contributed by atoms with Gasteiger partial charge in [-0.1, -0.05) is 6.92 Å². The number of nitrogens with zero attached hydrogens (tertiary/aromatic N) is 4. The molecule has 0 unspecified atom stereocenters. The average molecular weight is 298 g/mol. The van der Waals surface area contributed by atoms with E-state index in [0.29, 0.717) is 11.6 Å². The van der Waals surface area contributed by atoms with E-state index in [2.05, 4.69) is 27.4 Å². The number of aryl methyl sites for hydroxylation is 1. The fourth-order valence-corrected chi connectivity index (χ4v) is 3.22. The first kappa shape index (κ1) is 14.6. The predicted molar refractivity (Wildman–Crippen MR) is 83.2 cm³/mol. The molecule has 1 atom stereocenters. The van der Waals surface area contributed by atoms with Crippen molar-refractivity contribution in [3.8, 4) is 6.07 Å². The number of halogens is 1. The Morgan fingerprint density at radius 3 is 3.09 bits per heavy atom. The molecule has 1 aromatic carbocycles. The third-order valence-electron chi connectivity index (χ3n) is 4.27. The average Bonchev–Trinajstić information content (AvgIpc) is 3.03. The summed E-state index contributed by atoms with van der Waals surface area (Å²) in [5, 5.41) is 9.25. The molecule has 114 valence electrons. The first-order valence-electron chi connectivity index (χ1n) is 7.69. The smallest absolute Gasteiger partial charge is 0.124 e. The van der Waals surface area contributed by atoms with E-state index in [1.54, 1.807) is 6.07 Å². The molecule has 1 aliphatic rings. The summed E-state index contributed by atoms with van der Waals surface area (Å²) in [5.41, 5.74) is 1.23. The maximum absolute atomic E-state index is 13.3. The van der Waals surface area contributed by atoms with Crippen LogP contribution in [0.3, 0.4) is 0 Å². The number of benzene rings is 1. The largest absolute Gasteiger partial charge is 0.368 e. The highest BCUT2D eigenvalue weighted by molar-refractivity contribution is 5.59. The number of piperidine rings is 1. The number of hydrogen-bond donors (Lipinski definition) is 0. The van der Waals surface area contributed by atoms with Crippen LogP contribution in [-0.2, 0) is 6.42 Å². The third-order valence-corrected chi connectivity index (χ3v) is 4.27. The van der Waals surface area contributed by atoms with Gasteiger partial charge in [0.05, 0.1) is 17.3 Å². The zero-order valence-electron chi connectivity index (χ0n) is 12.7. The molecule has 0 saturated carbocycles. The lowest BCUT2D eigenvalue weighted by Crippen LogP contribution is -2.37. The van der Waals surface area contributed by atoms with E-state index in [-0.39, 0.29) is 5.82 Å². The summed E-state index contributed by atoms with van der Waals surface area (Å²) in [6.07, 6.45) is 6.93. The van der Waals surface area contributed by atoms with Gasteiger partial charge in [-0.05, 0) is 31.0 Å². The first-order chi connectivity index (χ1) is 10.7. The lowest BCUT2D eigenvalue weighted by Gasteiger charge is -2.36. The van der Waals surface area contributed by atoms with Crippen LogP contribution in [0.5, 0.6) is 0 Å². The molecule has 4 nitrogen and oxygen atoms in total. The number of hydrogen-bond acceptors (Lipinski definition) is 3. The lowest BCUT2D eigenvalue weighted by atomic mass is 10.0. The Morgan fingerprint density at radius 1 is 1.45 bits per heavy atom. The summed E-state index contributed by atoms with van der Waals surface area (Å²) >= 11 is 0. The summed E-state index contributed by atoms with van der Waals surface area (Å²) in [5.74, 6) is 0.725. The van der Waals surface area contributed by atoms with Crippen molar-refractivity contribution >= 4 is 5.69 Å². The molecule has 2 aromatic rings. The van der Waals surface area contributed by atoms with Crippen LogP contribution in [0.2, 0.25) is 0 Å². The number of anilines is 1. The topological polar surface area (TPSA) is 44.9 Å². The van der Waals surface area contributed by atoms with Gasteiger partial charge in [-0.25, -0.2) is 9.37 Å². The second-order valence-electron chi connectivity index (χ2n) is 5.62. The third kappa shape index (κ3) is 2.69. The normalized spacial score (nSPS) is 18.2. The van der Waals surface area contributed by atoms with E-state index in [9.17, 15) is 9.65 Å². The Labute approximate surface area is 129 Å². The van der Waals surface area contributed by atoms with Crippen LogP contribution in [0.4, 0.5) is 10.1 Å². The van der Waals surface area contributed by atoms with Gasteiger partial charge in [-0.3, -0.25) is 0 Å². The van der Waals surface area contributed by atoms with Gasteiger partial charge in [0.2, 0.25) is 0 Å². The predicted octanol–water partition coefficient (Wildman–Crippen LogP) is 3.30. The van der Waals surface area contributed by atoms with Crippen molar-refractivity contribution < 1.29 is 4.39 Å². The standard InChI is InChI=1S/C17H19FN4/c1-2-17-20-7-9-22(17)15-4-3-8-21(12-15)16-6-5-14(18)10-13(16)11-19/h5-7,9-10,15H,2-4,8,12H2,1H3/t15-/m0/s1. The molecule has 0 N–H and O–H groups in total. The quantitative estimate of drug-likeness (QED) is 0.873. The minimum atomic E-state index is -0.364. The number of rotatable bonds is 3. The maximum Gasteiger partial charge on any atom is 0.124 e.